The number of ether oxygens (including phenoxy) is 1. The van der Waals surface area contributed by atoms with Crippen LogP contribution in [0.25, 0.3) is 0 Å². The summed E-state index contributed by atoms with van der Waals surface area (Å²) in [6, 6.07) is 0. The van der Waals surface area contributed by atoms with E-state index in [1.807, 2.05) is 27.7 Å². The Kier molecular flexibility index (Phi) is 5.17. The van der Waals surface area contributed by atoms with Crippen LogP contribution in [-0.2, 0) is 9.53 Å². The zero-order chi connectivity index (χ0) is 13.8. The maximum Gasteiger partial charge on any atom is 0.410 e. The largest absolute Gasteiger partial charge is 0.444 e. The average molecular weight is 255 g/mol. The summed E-state index contributed by atoms with van der Waals surface area (Å²) in [4.78, 5) is 25.2. The molecule has 0 saturated heterocycles. The molecule has 1 saturated carbocycles. The van der Waals surface area contributed by atoms with Crippen molar-refractivity contribution in [2.75, 3.05) is 13.1 Å². The highest BCUT2D eigenvalue weighted by Crippen LogP contribution is 2.29. The Morgan fingerprint density at radius 2 is 1.89 bits per heavy atom. The van der Waals surface area contributed by atoms with Gasteiger partial charge in [-0.25, -0.2) is 4.79 Å². The highest BCUT2D eigenvalue weighted by Gasteiger charge is 2.25. The Balaban J connectivity index is 2.39. The van der Waals surface area contributed by atoms with Crippen LogP contribution in [0, 0.1) is 5.92 Å². The third kappa shape index (κ3) is 5.07. The van der Waals surface area contributed by atoms with E-state index in [4.69, 9.17) is 4.74 Å². The number of carbonyl (C=O) groups is 2. The molecule has 0 radical (unpaired) electrons. The van der Waals surface area contributed by atoms with Crippen molar-refractivity contribution in [2.24, 2.45) is 5.92 Å². The van der Waals surface area contributed by atoms with Gasteiger partial charge in [0.15, 0.2) is 5.78 Å². The second-order valence-corrected chi connectivity index (χ2v) is 6.03. The van der Waals surface area contributed by atoms with Crippen LogP contribution in [0.3, 0.4) is 0 Å². The first kappa shape index (κ1) is 15.0. The van der Waals surface area contributed by atoms with Gasteiger partial charge in [-0.2, -0.15) is 0 Å². The van der Waals surface area contributed by atoms with Crippen molar-refractivity contribution in [3.8, 4) is 0 Å². The molecule has 1 fully saturated rings. The van der Waals surface area contributed by atoms with Gasteiger partial charge in [0, 0.05) is 13.0 Å². The molecule has 4 nitrogen and oxygen atoms in total. The van der Waals surface area contributed by atoms with Gasteiger partial charge in [-0.15, -0.1) is 0 Å². The second kappa shape index (κ2) is 6.21. The maximum absolute atomic E-state index is 11.8. The van der Waals surface area contributed by atoms with Crippen LogP contribution in [0.1, 0.15) is 53.4 Å². The molecular weight excluding hydrogens is 230 g/mol. The first-order valence-electron chi connectivity index (χ1n) is 6.81. The molecule has 0 aromatic carbocycles. The van der Waals surface area contributed by atoms with Gasteiger partial charge >= 0.3 is 6.09 Å². The van der Waals surface area contributed by atoms with Gasteiger partial charge in [0.2, 0.25) is 0 Å². The molecule has 0 aliphatic heterocycles. The summed E-state index contributed by atoms with van der Waals surface area (Å²) in [6.07, 6.45) is 3.77. The summed E-state index contributed by atoms with van der Waals surface area (Å²) in [5.74, 6) is 0.697. The molecule has 0 unspecified atom stereocenters. The third-order valence-electron chi connectivity index (χ3n) is 3.14. The Labute approximate surface area is 110 Å². The Morgan fingerprint density at radius 3 is 2.28 bits per heavy atom. The Bertz CT molecular complexity index is 303. The van der Waals surface area contributed by atoms with Crippen LogP contribution < -0.4 is 0 Å². The van der Waals surface area contributed by atoms with E-state index in [0.717, 1.165) is 12.8 Å². The van der Waals surface area contributed by atoms with Gasteiger partial charge in [0.05, 0.1) is 6.54 Å². The average Bonchev–Trinajstić information content (AvgIpc) is 2.17. The smallest absolute Gasteiger partial charge is 0.410 e. The van der Waals surface area contributed by atoms with Crippen molar-refractivity contribution in [2.45, 2.75) is 59.0 Å². The van der Waals surface area contributed by atoms with E-state index in [-0.39, 0.29) is 12.3 Å². The highest BCUT2D eigenvalue weighted by atomic mass is 16.6. The summed E-state index contributed by atoms with van der Waals surface area (Å²) in [5, 5.41) is 0. The molecule has 0 bridgehead atoms. The number of nitrogens with zero attached hydrogens (tertiary/aromatic N) is 1. The molecule has 104 valence electrons. The van der Waals surface area contributed by atoms with Crippen LogP contribution in [0.4, 0.5) is 4.79 Å². The van der Waals surface area contributed by atoms with E-state index < -0.39 is 11.7 Å². The van der Waals surface area contributed by atoms with E-state index in [0.29, 0.717) is 18.9 Å². The monoisotopic (exact) mass is 255 g/mol. The molecule has 0 atom stereocenters. The number of hydrogen-bond donors (Lipinski definition) is 0. The highest BCUT2D eigenvalue weighted by molar-refractivity contribution is 5.84. The quantitative estimate of drug-likeness (QED) is 0.758. The minimum absolute atomic E-state index is 0.146. The van der Waals surface area contributed by atoms with Crippen LogP contribution in [0.15, 0.2) is 0 Å². The van der Waals surface area contributed by atoms with Crippen LogP contribution in [0.5, 0.6) is 0 Å². The number of amides is 1. The Hall–Kier alpha value is -1.06. The summed E-state index contributed by atoms with van der Waals surface area (Å²) < 4.78 is 5.27. The van der Waals surface area contributed by atoms with Crippen molar-refractivity contribution in [3.63, 3.8) is 0 Å². The number of ketones is 1. The molecule has 1 amide bonds. The Morgan fingerprint density at radius 1 is 1.28 bits per heavy atom. The van der Waals surface area contributed by atoms with Crippen molar-refractivity contribution >= 4 is 11.9 Å². The molecule has 18 heavy (non-hydrogen) atoms. The molecule has 0 aromatic heterocycles. The lowest BCUT2D eigenvalue weighted by atomic mass is 9.82. The summed E-state index contributed by atoms with van der Waals surface area (Å²) in [5.41, 5.74) is -0.512. The van der Waals surface area contributed by atoms with Gasteiger partial charge < -0.3 is 9.64 Å². The van der Waals surface area contributed by atoms with Crippen molar-refractivity contribution < 1.29 is 14.3 Å². The molecule has 1 aliphatic carbocycles. The predicted molar refractivity (Wildman–Crippen MR) is 70.4 cm³/mol. The minimum atomic E-state index is -0.512. The van der Waals surface area contributed by atoms with Gasteiger partial charge in [-0.1, -0.05) is 19.3 Å². The van der Waals surface area contributed by atoms with E-state index in [2.05, 4.69) is 0 Å². The van der Waals surface area contributed by atoms with Crippen molar-refractivity contribution in [3.05, 3.63) is 0 Å². The minimum Gasteiger partial charge on any atom is -0.444 e. The summed E-state index contributed by atoms with van der Waals surface area (Å²) in [6.45, 7) is 8.03. The molecule has 0 heterocycles. The van der Waals surface area contributed by atoms with Crippen molar-refractivity contribution in [1.29, 1.82) is 0 Å². The molecule has 0 N–H and O–H groups in total. The number of carbonyl (C=O) groups excluding carboxylic acids is 2. The SMILES string of the molecule is CCN(CC(=O)CC1CCC1)C(=O)OC(C)(C)C. The van der Waals surface area contributed by atoms with Gasteiger partial charge in [0.1, 0.15) is 5.60 Å². The zero-order valence-corrected chi connectivity index (χ0v) is 12.0. The molecular formula is C14H25NO3. The van der Waals surface area contributed by atoms with Gasteiger partial charge in [-0.05, 0) is 33.6 Å². The number of rotatable bonds is 5. The lowest BCUT2D eigenvalue weighted by Crippen LogP contribution is -2.40. The van der Waals surface area contributed by atoms with Gasteiger partial charge in [0.25, 0.3) is 0 Å². The maximum atomic E-state index is 11.8. The standard InChI is InChI=1S/C14H25NO3/c1-5-15(13(17)18-14(2,3)4)10-12(16)9-11-7-6-8-11/h11H,5-10H2,1-4H3. The van der Waals surface area contributed by atoms with E-state index >= 15 is 0 Å². The third-order valence-corrected chi connectivity index (χ3v) is 3.14. The topological polar surface area (TPSA) is 46.6 Å². The summed E-state index contributed by atoms with van der Waals surface area (Å²) in [7, 11) is 0. The first-order chi connectivity index (χ1) is 8.31. The molecule has 0 aromatic rings. The molecule has 1 aliphatic rings. The first-order valence-corrected chi connectivity index (χ1v) is 6.81. The number of likely N-dealkylation sites (N-methyl/N-ethyl adjacent to an activating group) is 1. The number of hydrogen-bond acceptors (Lipinski definition) is 3. The van der Waals surface area contributed by atoms with Crippen LogP contribution in [0.2, 0.25) is 0 Å². The predicted octanol–water partition coefficient (Wildman–Crippen LogP) is 3.00. The van der Waals surface area contributed by atoms with Crippen LogP contribution >= 0.6 is 0 Å². The van der Waals surface area contributed by atoms with Gasteiger partial charge in [-0.3, -0.25) is 4.79 Å². The van der Waals surface area contributed by atoms with E-state index in [9.17, 15) is 9.59 Å². The fourth-order valence-electron chi connectivity index (χ4n) is 1.93. The molecule has 1 rings (SSSR count). The van der Waals surface area contributed by atoms with E-state index in [1.54, 1.807) is 0 Å². The fourth-order valence-corrected chi connectivity index (χ4v) is 1.93. The number of Topliss-reactive ketones (excluding diaryl/α,β-unsaturated/α-hetero) is 1. The fraction of sp³-hybridized carbons (Fsp3) is 0.857. The molecule has 0 spiro atoms. The van der Waals surface area contributed by atoms with Crippen LogP contribution in [-0.4, -0.2) is 35.5 Å². The normalized spacial score (nSPS) is 16.0. The lowest BCUT2D eigenvalue weighted by Gasteiger charge is -2.28. The van der Waals surface area contributed by atoms with Crippen molar-refractivity contribution in [1.82, 2.24) is 4.90 Å². The zero-order valence-electron chi connectivity index (χ0n) is 12.0. The van der Waals surface area contributed by atoms with E-state index in [1.165, 1.54) is 11.3 Å². The summed E-state index contributed by atoms with van der Waals surface area (Å²) >= 11 is 0. The molecule has 4 heteroatoms. The second-order valence-electron chi connectivity index (χ2n) is 6.03. The lowest BCUT2D eigenvalue weighted by molar-refractivity contribution is -0.121.